The Hall–Kier alpha value is -1.56. The third-order valence-corrected chi connectivity index (χ3v) is 5.70. The van der Waals surface area contributed by atoms with Crippen LogP contribution in [-0.2, 0) is 11.3 Å². The van der Waals surface area contributed by atoms with Crippen molar-refractivity contribution in [3.8, 4) is 0 Å². The van der Waals surface area contributed by atoms with E-state index in [0.29, 0.717) is 11.8 Å². The molecule has 0 atom stereocenters. The van der Waals surface area contributed by atoms with E-state index in [0.717, 1.165) is 58.5 Å². The van der Waals surface area contributed by atoms with Crippen LogP contribution >= 0.6 is 0 Å². The lowest BCUT2D eigenvalue weighted by atomic mass is 9.93. The van der Waals surface area contributed by atoms with Crippen LogP contribution < -0.4 is 0 Å². The van der Waals surface area contributed by atoms with Gasteiger partial charge in [0.1, 0.15) is 5.82 Å². The minimum Gasteiger partial charge on any atom is -0.381 e. The quantitative estimate of drug-likeness (QED) is 0.841. The number of hydrogen-bond donors (Lipinski definition) is 0. The van der Waals surface area contributed by atoms with Gasteiger partial charge in [0, 0.05) is 64.8 Å². The second-order valence-electron chi connectivity index (χ2n) is 7.69. The van der Waals surface area contributed by atoms with Gasteiger partial charge in [-0.2, -0.15) is 0 Å². The molecule has 3 rings (SSSR count). The monoisotopic (exact) mass is 348 g/mol. The van der Waals surface area contributed by atoms with E-state index in [1.165, 1.54) is 17.9 Å². The van der Waals surface area contributed by atoms with Crippen molar-refractivity contribution in [1.29, 1.82) is 0 Å². The maximum Gasteiger partial charge on any atom is 0.319 e. The van der Waals surface area contributed by atoms with E-state index >= 15 is 0 Å². The summed E-state index contributed by atoms with van der Waals surface area (Å²) in [5, 5.41) is 0. The molecule has 2 aliphatic rings. The highest BCUT2D eigenvalue weighted by atomic mass is 16.5. The summed E-state index contributed by atoms with van der Waals surface area (Å²) in [5.74, 6) is 2.50. The Bertz CT molecular complexity index is 570. The van der Waals surface area contributed by atoms with Crippen LogP contribution in [-0.4, -0.2) is 65.8 Å². The topological polar surface area (TPSA) is 50.6 Å². The van der Waals surface area contributed by atoms with Gasteiger partial charge in [0.05, 0.1) is 0 Å². The first-order valence-corrected chi connectivity index (χ1v) is 9.62. The van der Waals surface area contributed by atoms with Crippen LogP contribution in [0, 0.1) is 12.8 Å². The van der Waals surface area contributed by atoms with E-state index in [-0.39, 0.29) is 6.03 Å². The van der Waals surface area contributed by atoms with Gasteiger partial charge in [0.15, 0.2) is 0 Å². The van der Waals surface area contributed by atoms with Crippen LogP contribution in [0.25, 0.3) is 0 Å². The molecule has 0 aromatic carbocycles. The van der Waals surface area contributed by atoms with Crippen molar-refractivity contribution < 1.29 is 9.53 Å². The Morgan fingerprint density at radius 2 is 1.92 bits per heavy atom. The smallest absolute Gasteiger partial charge is 0.319 e. The van der Waals surface area contributed by atoms with Crippen LogP contribution in [0.3, 0.4) is 0 Å². The molecule has 0 bridgehead atoms. The maximum atomic E-state index is 12.0. The first-order valence-electron chi connectivity index (χ1n) is 9.62. The van der Waals surface area contributed by atoms with E-state index in [9.17, 15) is 4.79 Å². The van der Waals surface area contributed by atoms with Gasteiger partial charge in [-0.25, -0.2) is 9.78 Å². The molecule has 0 aliphatic carbocycles. The zero-order valence-corrected chi connectivity index (χ0v) is 15.9. The number of aryl methyl sites for hydroxylation is 1. The van der Waals surface area contributed by atoms with Crippen LogP contribution in [0.1, 0.15) is 49.5 Å². The summed E-state index contributed by atoms with van der Waals surface area (Å²) in [7, 11) is 3.65. The number of imidazole rings is 1. The summed E-state index contributed by atoms with van der Waals surface area (Å²) in [4.78, 5) is 20.4. The highest BCUT2D eigenvalue weighted by Crippen LogP contribution is 2.28. The number of carbonyl (C=O) groups is 1. The number of likely N-dealkylation sites (tertiary alicyclic amines) is 1. The summed E-state index contributed by atoms with van der Waals surface area (Å²) < 4.78 is 7.92. The summed E-state index contributed by atoms with van der Waals surface area (Å²) in [6.45, 7) is 6.69. The van der Waals surface area contributed by atoms with Gasteiger partial charge in [0.2, 0.25) is 0 Å². The zero-order chi connectivity index (χ0) is 17.8. The highest BCUT2D eigenvalue weighted by molar-refractivity contribution is 5.73. The van der Waals surface area contributed by atoms with E-state index in [1.807, 2.05) is 25.2 Å². The number of nitrogens with zero attached hydrogens (tertiary/aromatic N) is 4. The number of piperidine rings is 1. The van der Waals surface area contributed by atoms with Gasteiger partial charge in [-0.1, -0.05) is 0 Å². The molecule has 25 heavy (non-hydrogen) atoms. The molecule has 0 N–H and O–H groups in total. The van der Waals surface area contributed by atoms with Gasteiger partial charge in [-0.05, 0) is 44.9 Å². The number of carbonyl (C=O) groups excluding carboxylic acids is 1. The number of aromatic nitrogens is 2. The van der Waals surface area contributed by atoms with Crippen LogP contribution in [0.5, 0.6) is 0 Å². The molecule has 0 radical (unpaired) electrons. The highest BCUT2D eigenvalue weighted by Gasteiger charge is 2.25. The van der Waals surface area contributed by atoms with Crippen LogP contribution in [0.15, 0.2) is 6.20 Å². The molecule has 6 heteroatoms. The molecule has 0 spiro atoms. The Kier molecular flexibility index (Phi) is 5.99. The normalized spacial score (nSPS) is 20.0. The van der Waals surface area contributed by atoms with E-state index in [2.05, 4.69) is 11.5 Å². The van der Waals surface area contributed by atoms with Gasteiger partial charge in [-0.15, -0.1) is 0 Å². The van der Waals surface area contributed by atoms with Crippen LogP contribution in [0.4, 0.5) is 4.79 Å². The Morgan fingerprint density at radius 1 is 1.24 bits per heavy atom. The first-order chi connectivity index (χ1) is 12.1. The molecular weight excluding hydrogens is 316 g/mol. The predicted molar refractivity (Wildman–Crippen MR) is 97.8 cm³/mol. The lowest BCUT2D eigenvalue weighted by molar-refractivity contribution is 0.0826. The molecular formula is C19H32N4O2. The molecule has 2 aliphatic heterocycles. The fourth-order valence-corrected chi connectivity index (χ4v) is 4.06. The summed E-state index contributed by atoms with van der Waals surface area (Å²) in [5.41, 5.74) is 1.27. The summed E-state index contributed by atoms with van der Waals surface area (Å²) in [6, 6.07) is 0.144. The van der Waals surface area contributed by atoms with Gasteiger partial charge >= 0.3 is 6.03 Å². The van der Waals surface area contributed by atoms with Gasteiger partial charge in [0.25, 0.3) is 0 Å². The number of amides is 2. The number of urea groups is 1. The van der Waals surface area contributed by atoms with E-state index in [4.69, 9.17) is 9.72 Å². The SMILES string of the molecule is Cc1cnc(C2CCOCC2)n1CCC1CCN(C(=O)N(C)C)CC1. The predicted octanol–water partition coefficient (Wildman–Crippen LogP) is 2.87. The fraction of sp³-hybridized carbons (Fsp3) is 0.789. The van der Waals surface area contributed by atoms with Crippen molar-refractivity contribution in [3.05, 3.63) is 17.7 Å². The molecule has 3 heterocycles. The molecule has 2 saturated heterocycles. The van der Waals surface area contributed by atoms with Crippen molar-refractivity contribution >= 4 is 6.03 Å². The number of rotatable bonds is 4. The standard InChI is InChI=1S/C19H32N4O2/c1-15-14-20-18(17-7-12-25-13-8-17)23(15)11-6-16-4-9-22(10-5-16)19(24)21(2)3/h14,16-17H,4-13H2,1-3H3. The molecule has 1 aromatic heterocycles. The van der Waals surface area contributed by atoms with E-state index in [1.54, 1.807) is 4.90 Å². The van der Waals surface area contributed by atoms with Gasteiger partial charge < -0.3 is 19.1 Å². The number of hydrogen-bond acceptors (Lipinski definition) is 3. The number of ether oxygens (including phenoxy) is 1. The largest absolute Gasteiger partial charge is 0.381 e. The van der Waals surface area contributed by atoms with Crippen molar-refractivity contribution in [1.82, 2.24) is 19.4 Å². The fourth-order valence-electron chi connectivity index (χ4n) is 4.06. The third-order valence-electron chi connectivity index (χ3n) is 5.70. The molecule has 140 valence electrons. The van der Waals surface area contributed by atoms with Crippen molar-refractivity contribution in [2.45, 2.75) is 51.5 Å². The van der Waals surface area contributed by atoms with Crippen molar-refractivity contribution in [3.63, 3.8) is 0 Å². The Morgan fingerprint density at radius 3 is 2.56 bits per heavy atom. The van der Waals surface area contributed by atoms with E-state index < -0.39 is 0 Å². The molecule has 0 saturated carbocycles. The third kappa shape index (κ3) is 4.35. The van der Waals surface area contributed by atoms with Crippen LogP contribution in [0.2, 0.25) is 0 Å². The average Bonchev–Trinajstić information content (AvgIpc) is 3.01. The minimum absolute atomic E-state index is 0.144. The zero-order valence-electron chi connectivity index (χ0n) is 15.9. The summed E-state index contributed by atoms with van der Waals surface area (Å²) in [6.07, 6.45) is 7.59. The molecule has 2 amide bonds. The Labute approximate surface area is 151 Å². The van der Waals surface area contributed by atoms with Crippen molar-refractivity contribution in [2.24, 2.45) is 5.92 Å². The summed E-state index contributed by atoms with van der Waals surface area (Å²) >= 11 is 0. The average molecular weight is 348 g/mol. The molecule has 2 fully saturated rings. The lowest BCUT2D eigenvalue weighted by Gasteiger charge is -2.34. The second-order valence-corrected chi connectivity index (χ2v) is 7.69. The molecule has 0 unspecified atom stereocenters. The Balaban J connectivity index is 1.53. The maximum absolute atomic E-state index is 12.0. The second kappa shape index (κ2) is 8.21. The molecule has 6 nitrogen and oxygen atoms in total. The first kappa shape index (κ1) is 18.2. The minimum atomic E-state index is 0.144. The van der Waals surface area contributed by atoms with Gasteiger partial charge in [-0.3, -0.25) is 0 Å². The molecule has 1 aromatic rings. The lowest BCUT2D eigenvalue weighted by Crippen LogP contribution is -2.44. The van der Waals surface area contributed by atoms with Crippen molar-refractivity contribution in [2.75, 3.05) is 40.4 Å².